The van der Waals surface area contributed by atoms with Gasteiger partial charge in [-0.15, -0.1) is 0 Å². The number of ether oxygens (including phenoxy) is 2. The molecule has 0 saturated carbocycles. The molecular weight excluding hydrogens is 404 g/mol. The van der Waals surface area contributed by atoms with Gasteiger partial charge in [-0.25, -0.2) is 0 Å². The zero-order chi connectivity index (χ0) is 22.9. The molecule has 0 aromatic heterocycles. The molecule has 0 bridgehead atoms. The molecule has 32 heavy (non-hydrogen) atoms. The predicted molar refractivity (Wildman–Crippen MR) is 128 cm³/mol. The van der Waals surface area contributed by atoms with Gasteiger partial charge >= 0.3 is 0 Å². The smallest absolute Gasteiger partial charge is 0.191 e. The van der Waals surface area contributed by atoms with Crippen molar-refractivity contribution in [3.8, 4) is 11.5 Å². The fraction of sp³-hybridized carbons (Fsp3) is 0.480. The van der Waals surface area contributed by atoms with Crippen LogP contribution in [0.25, 0.3) is 0 Å². The number of nitrogens with one attached hydrogen (secondary N) is 2. The van der Waals surface area contributed by atoms with Crippen LogP contribution in [0.3, 0.4) is 0 Å². The monoisotopic (exact) mass is 440 g/mol. The minimum atomic E-state index is -0.734. The summed E-state index contributed by atoms with van der Waals surface area (Å²) in [6, 6.07) is 16.8. The quantitative estimate of drug-likeness (QED) is 0.411. The summed E-state index contributed by atoms with van der Waals surface area (Å²) in [5.41, 5.74) is 2.07. The number of guanidine groups is 1. The zero-order valence-corrected chi connectivity index (χ0v) is 19.5. The van der Waals surface area contributed by atoms with Crippen molar-refractivity contribution in [3.05, 3.63) is 59.7 Å². The summed E-state index contributed by atoms with van der Waals surface area (Å²) in [5, 5.41) is 17.5. The average Bonchev–Trinajstić information content (AvgIpc) is 3.15. The number of rotatable bonds is 9. The Hall–Kier alpha value is -2.77. The molecule has 1 fully saturated rings. The van der Waals surface area contributed by atoms with Crippen molar-refractivity contribution in [3.63, 3.8) is 0 Å². The number of methoxy groups -OCH3 is 2. The Kier molecular flexibility index (Phi) is 8.76. The number of aliphatic imine (C=N–C) groups is 1. The van der Waals surface area contributed by atoms with Crippen LogP contribution in [0.4, 0.5) is 0 Å². The highest BCUT2D eigenvalue weighted by molar-refractivity contribution is 5.80. The Morgan fingerprint density at radius 3 is 2.59 bits per heavy atom. The summed E-state index contributed by atoms with van der Waals surface area (Å²) < 4.78 is 10.6. The maximum Gasteiger partial charge on any atom is 0.191 e. The Labute approximate surface area is 191 Å². The standard InChI is InChI=1S/C25H36N4O3/c1-5-26-25(27-15-22(30)20-11-12-23(31-3)24(14-20)32-4)28-21-13-18(2)29(17-21)16-19-9-7-6-8-10-19/h6-12,14,18,21-22,30H,5,13,15-17H2,1-4H3,(H2,26,27,28). The van der Waals surface area contributed by atoms with Gasteiger partial charge in [-0.05, 0) is 43.5 Å². The third-order valence-electron chi connectivity index (χ3n) is 5.83. The molecule has 3 unspecified atom stereocenters. The molecule has 7 heteroatoms. The second-order valence-electron chi connectivity index (χ2n) is 8.19. The molecule has 0 spiro atoms. The molecule has 1 heterocycles. The highest BCUT2D eigenvalue weighted by Crippen LogP contribution is 2.30. The first kappa shape index (κ1) is 23.9. The van der Waals surface area contributed by atoms with Crippen LogP contribution in [-0.4, -0.2) is 61.9 Å². The molecular formula is C25H36N4O3. The molecule has 3 N–H and O–H groups in total. The molecule has 0 aliphatic carbocycles. The van der Waals surface area contributed by atoms with E-state index in [1.54, 1.807) is 26.4 Å². The van der Waals surface area contributed by atoms with Crippen molar-refractivity contribution >= 4 is 5.96 Å². The molecule has 3 rings (SSSR count). The van der Waals surface area contributed by atoms with Crippen molar-refractivity contribution < 1.29 is 14.6 Å². The van der Waals surface area contributed by atoms with Crippen molar-refractivity contribution in [2.75, 3.05) is 33.9 Å². The molecule has 0 amide bonds. The summed E-state index contributed by atoms with van der Waals surface area (Å²) in [7, 11) is 3.18. The zero-order valence-electron chi connectivity index (χ0n) is 19.5. The van der Waals surface area contributed by atoms with Crippen molar-refractivity contribution in [1.29, 1.82) is 0 Å². The molecule has 2 aromatic rings. The largest absolute Gasteiger partial charge is 0.493 e. The van der Waals surface area contributed by atoms with Crippen LogP contribution < -0.4 is 20.1 Å². The van der Waals surface area contributed by atoms with Gasteiger partial charge in [0.2, 0.25) is 0 Å². The Morgan fingerprint density at radius 2 is 1.91 bits per heavy atom. The summed E-state index contributed by atoms with van der Waals surface area (Å²) in [6.07, 6.45) is 0.317. The molecule has 1 aliphatic heterocycles. The van der Waals surface area contributed by atoms with E-state index >= 15 is 0 Å². The van der Waals surface area contributed by atoms with E-state index in [0.29, 0.717) is 23.6 Å². The highest BCUT2D eigenvalue weighted by atomic mass is 16.5. The lowest BCUT2D eigenvalue weighted by molar-refractivity contribution is 0.186. The van der Waals surface area contributed by atoms with E-state index < -0.39 is 6.10 Å². The normalized spacial score (nSPS) is 20.1. The van der Waals surface area contributed by atoms with Crippen LogP contribution in [0.5, 0.6) is 11.5 Å². The summed E-state index contributed by atoms with van der Waals surface area (Å²) in [5.74, 6) is 1.96. The van der Waals surface area contributed by atoms with Gasteiger partial charge in [-0.2, -0.15) is 0 Å². The number of aliphatic hydroxyl groups is 1. The average molecular weight is 441 g/mol. The Balaban J connectivity index is 1.60. The molecule has 0 radical (unpaired) electrons. The molecule has 3 atom stereocenters. The fourth-order valence-electron chi connectivity index (χ4n) is 4.10. The van der Waals surface area contributed by atoms with Crippen LogP contribution in [0.1, 0.15) is 37.5 Å². The Bertz CT molecular complexity index is 875. The van der Waals surface area contributed by atoms with Crippen LogP contribution in [0, 0.1) is 0 Å². The third-order valence-corrected chi connectivity index (χ3v) is 5.83. The first-order valence-corrected chi connectivity index (χ1v) is 11.3. The Morgan fingerprint density at radius 1 is 1.16 bits per heavy atom. The number of nitrogens with zero attached hydrogens (tertiary/aromatic N) is 2. The van der Waals surface area contributed by atoms with E-state index in [2.05, 4.69) is 57.8 Å². The maximum atomic E-state index is 10.7. The van der Waals surface area contributed by atoms with Crippen molar-refractivity contribution in [2.45, 2.75) is 45.0 Å². The van der Waals surface area contributed by atoms with Crippen LogP contribution in [-0.2, 0) is 6.54 Å². The number of likely N-dealkylation sites (tertiary alicyclic amines) is 1. The lowest BCUT2D eigenvalue weighted by Gasteiger charge is -2.21. The maximum absolute atomic E-state index is 10.7. The van der Waals surface area contributed by atoms with Gasteiger partial charge in [0.1, 0.15) is 0 Å². The predicted octanol–water partition coefficient (Wildman–Crippen LogP) is 2.96. The molecule has 7 nitrogen and oxygen atoms in total. The van der Waals surface area contributed by atoms with Gasteiger partial charge in [0.05, 0.1) is 26.9 Å². The van der Waals surface area contributed by atoms with Gasteiger partial charge in [0.15, 0.2) is 17.5 Å². The third kappa shape index (κ3) is 6.37. The highest BCUT2D eigenvalue weighted by Gasteiger charge is 2.29. The van der Waals surface area contributed by atoms with Crippen LogP contribution in [0.15, 0.2) is 53.5 Å². The minimum Gasteiger partial charge on any atom is -0.493 e. The first-order valence-electron chi connectivity index (χ1n) is 11.3. The van der Waals surface area contributed by atoms with E-state index in [9.17, 15) is 5.11 Å². The summed E-state index contributed by atoms with van der Waals surface area (Å²) >= 11 is 0. The number of hydrogen-bond acceptors (Lipinski definition) is 5. The number of benzene rings is 2. The van der Waals surface area contributed by atoms with Crippen molar-refractivity contribution in [2.24, 2.45) is 4.99 Å². The van der Waals surface area contributed by atoms with Gasteiger partial charge in [0.25, 0.3) is 0 Å². The van der Waals surface area contributed by atoms with E-state index in [4.69, 9.17) is 9.47 Å². The minimum absolute atomic E-state index is 0.251. The van der Waals surface area contributed by atoms with Crippen LogP contribution >= 0.6 is 0 Å². The number of aliphatic hydroxyl groups excluding tert-OH is 1. The first-order chi connectivity index (χ1) is 15.5. The fourth-order valence-corrected chi connectivity index (χ4v) is 4.10. The summed E-state index contributed by atoms with van der Waals surface area (Å²) in [6.45, 7) is 7.23. The van der Waals surface area contributed by atoms with E-state index in [1.807, 2.05) is 13.0 Å². The second-order valence-corrected chi connectivity index (χ2v) is 8.19. The van der Waals surface area contributed by atoms with Gasteiger partial charge in [0, 0.05) is 31.7 Å². The second kappa shape index (κ2) is 11.7. The molecule has 1 saturated heterocycles. The van der Waals surface area contributed by atoms with Gasteiger partial charge in [-0.3, -0.25) is 9.89 Å². The van der Waals surface area contributed by atoms with Gasteiger partial charge in [-0.1, -0.05) is 36.4 Å². The SMILES string of the molecule is CCNC(=NCC(O)c1ccc(OC)c(OC)c1)NC1CC(C)N(Cc2ccccc2)C1. The van der Waals surface area contributed by atoms with Gasteiger partial charge < -0.3 is 25.2 Å². The van der Waals surface area contributed by atoms with Crippen molar-refractivity contribution in [1.82, 2.24) is 15.5 Å². The topological polar surface area (TPSA) is 78.4 Å². The lowest BCUT2D eigenvalue weighted by atomic mass is 10.1. The van der Waals surface area contributed by atoms with Crippen LogP contribution in [0.2, 0.25) is 0 Å². The van der Waals surface area contributed by atoms with E-state index in [0.717, 1.165) is 37.6 Å². The van der Waals surface area contributed by atoms with E-state index in [1.165, 1.54) is 5.56 Å². The number of hydrogen-bond donors (Lipinski definition) is 3. The molecule has 2 aromatic carbocycles. The molecule has 174 valence electrons. The molecule has 1 aliphatic rings. The van der Waals surface area contributed by atoms with E-state index in [-0.39, 0.29) is 6.54 Å². The summed E-state index contributed by atoms with van der Waals surface area (Å²) in [4.78, 5) is 7.13. The lowest BCUT2D eigenvalue weighted by Crippen LogP contribution is -2.44.